The highest BCUT2D eigenvalue weighted by molar-refractivity contribution is 6.78. The van der Waals surface area contributed by atoms with Gasteiger partial charge < -0.3 is 9.16 Å². The number of hydrogen-bond donors (Lipinski definition) is 0. The quantitative estimate of drug-likeness (QED) is 0.214. The molecule has 1 aliphatic rings. The third kappa shape index (κ3) is 4.78. The van der Waals surface area contributed by atoms with Gasteiger partial charge in [0.15, 0.2) is 5.41 Å². The molecule has 1 amide bonds. The number of rotatable bonds is 8. The van der Waals surface area contributed by atoms with Gasteiger partial charge in [0.05, 0.1) is 17.8 Å². The topological polar surface area (TPSA) is 81.6 Å². The van der Waals surface area contributed by atoms with E-state index in [0.29, 0.717) is 44.5 Å². The number of methoxy groups -OCH3 is 1. The molecule has 0 aliphatic carbocycles. The Hall–Kier alpha value is -2.45. The minimum atomic E-state index is -2.39. The van der Waals surface area contributed by atoms with Gasteiger partial charge in [-0.1, -0.05) is 59.2 Å². The Labute approximate surface area is 227 Å². The molecule has 1 atom stereocenters. The number of nitrogens with zero attached hydrogens (tertiary/aromatic N) is 3. The number of fused-ring (bicyclic) bond motifs is 1. The first-order chi connectivity index (χ1) is 17.1. The number of pyridine rings is 2. The average molecular weight is 546 g/mol. The average Bonchev–Trinajstić information content (AvgIpc) is 3.06. The highest BCUT2D eigenvalue weighted by atomic mass is 35.5. The third-order valence-corrected chi connectivity index (χ3v) is 13.7. The lowest BCUT2D eigenvalue weighted by Gasteiger charge is -2.42. The molecule has 0 bridgehead atoms. The Morgan fingerprint density at radius 3 is 2.22 bits per heavy atom. The van der Waals surface area contributed by atoms with Crippen LogP contribution >= 0.6 is 11.6 Å². The zero-order valence-electron chi connectivity index (χ0n) is 23.7. The summed E-state index contributed by atoms with van der Waals surface area (Å²) in [5.74, 6) is -0.0623. The number of carbonyl (C=O) groups is 2. The van der Waals surface area contributed by atoms with Crippen LogP contribution in [0, 0.1) is 0 Å². The van der Waals surface area contributed by atoms with Crippen molar-refractivity contribution in [2.24, 2.45) is 0 Å². The second-order valence-corrected chi connectivity index (χ2v) is 17.6. The van der Waals surface area contributed by atoms with Crippen LogP contribution in [-0.4, -0.2) is 42.8 Å². The minimum Gasteiger partial charge on any atom is -0.541 e. The van der Waals surface area contributed by atoms with E-state index in [9.17, 15) is 9.59 Å². The van der Waals surface area contributed by atoms with E-state index in [2.05, 4.69) is 51.5 Å². The zero-order chi connectivity index (χ0) is 27.9. The van der Waals surface area contributed by atoms with Gasteiger partial charge in [-0.25, -0.2) is 4.98 Å². The van der Waals surface area contributed by atoms with Gasteiger partial charge in [0.1, 0.15) is 11.6 Å². The number of anilines is 1. The summed E-state index contributed by atoms with van der Waals surface area (Å²) in [6.07, 6.45) is 3.12. The molecule has 2 aromatic heterocycles. The van der Waals surface area contributed by atoms with Crippen molar-refractivity contribution in [3.8, 4) is 5.75 Å². The number of carbonyl (C=O) groups excluding carboxylic acids is 2. The van der Waals surface area contributed by atoms with Crippen LogP contribution in [0.25, 0.3) is 0 Å². The first-order valence-electron chi connectivity index (χ1n) is 12.9. The Morgan fingerprint density at radius 1 is 1.11 bits per heavy atom. The van der Waals surface area contributed by atoms with Gasteiger partial charge in [0.2, 0.25) is 0 Å². The maximum absolute atomic E-state index is 14.2. The van der Waals surface area contributed by atoms with E-state index in [1.54, 1.807) is 29.3 Å². The summed E-state index contributed by atoms with van der Waals surface area (Å²) in [5, 5.41) is 0.432. The lowest BCUT2D eigenvalue weighted by atomic mass is 9.77. The second kappa shape index (κ2) is 10.4. The van der Waals surface area contributed by atoms with Gasteiger partial charge in [-0.2, -0.15) is 0 Å². The van der Waals surface area contributed by atoms with Crippen LogP contribution in [0.2, 0.25) is 21.6 Å². The first-order valence-corrected chi connectivity index (χ1v) is 15.4. The monoisotopic (exact) mass is 545 g/mol. The van der Waals surface area contributed by atoms with Gasteiger partial charge in [-0.05, 0) is 43.5 Å². The normalized spacial score (nSPS) is 18.1. The molecule has 7 nitrogen and oxygen atoms in total. The van der Waals surface area contributed by atoms with Crippen molar-refractivity contribution < 1.29 is 18.8 Å². The summed E-state index contributed by atoms with van der Waals surface area (Å²) >= 11 is 6.41. The van der Waals surface area contributed by atoms with Crippen LogP contribution in [0.1, 0.15) is 73.6 Å². The summed E-state index contributed by atoms with van der Waals surface area (Å²) in [4.78, 5) is 38.5. The Kier molecular flexibility index (Phi) is 8.16. The molecule has 37 heavy (non-hydrogen) atoms. The molecule has 0 aromatic carbocycles. The largest absolute Gasteiger partial charge is 0.541 e. The smallest absolute Gasteiger partial charge is 0.326 e. The van der Waals surface area contributed by atoms with Crippen molar-refractivity contribution in [2.45, 2.75) is 96.3 Å². The van der Waals surface area contributed by atoms with Crippen LogP contribution in [0.15, 0.2) is 30.6 Å². The molecule has 0 radical (unpaired) electrons. The van der Waals surface area contributed by atoms with Crippen LogP contribution in [0.3, 0.4) is 0 Å². The second-order valence-electron chi connectivity index (χ2n) is 11.8. The molecule has 2 aromatic rings. The van der Waals surface area contributed by atoms with Gasteiger partial charge in [0, 0.05) is 36.0 Å². The number of aromatic nitrogens is 2. The maximum atomic E-state index is 14.2. The van der Waals surface area contributed by atoms with E-state index >= 15 is 0 Å². The summed E-state index contributed by atoms with van der Waals surface area (Å²) in [5.41, 5.74) is -0.341. The van der Waals surface area contributed by atoms with E-state index in [4.69, 9.17) is 20.8 Å². The molecule has 3 rings (SSSR count). The maximum Gasteiger partial charge on any atom is 0.326 e. The van der Waals surface area contributed by atoms with E-state index in [0.717, 1.165) is 0 Å². The number of halogens is 1. The number of esters is 1. The highest BCUT2D eigenvalue weighted by Crippen LogP contribution is 2.48. The number of amides is 1. The summed E-state index contributed by atoms with van der Waals surface area (Å²) in [7, 11) is -1.09. The van der Waals surface area contributed by atoms with Crippen molar-refractivity contribution >= 4 is 37.6 Å². The van der Waals surface area contributed by atoms with Crippen molar-refractivity contribution in [3.63, 3.8) is 0 Å². The third-order valence-electron chi connectivity index (χ3n) is 7.55. The fraction of sp³-hybridized carbons (Fsp3) is 0.571. The summed E-state index contributed by atoms with van der Waals surface area (Å²) in [6, 6.07) is 5.26. The van der Waals surface area contributed by atoms with Crippen LogP contribution < -0.4 is 9.33 Å². The van der Waals surface area contributed by atoms with Crippen LogP contribution in [-0.2, 0) is 26.2 Å². The van der Waals surface area contributed by atoms with E-state index in [1.165, 1.54) is 13.3 Å². The van der Waals surface area contributed by atoms with E-state index < -0.39 is 25.2 Å². The molecule has 0 N–H and O–H groups in total. The lowest BCUT2D eigenvalue weighted by Crippen LogP contribution is -2.54. The number of hydrogen-bond acceptors (Lipinski definition) is 6. The zero-order valence-corrected chi connectivity index (χ0v) is 25.4. The predicted molar refractivity (Wildman–Crippen MR) is 150 cm³/mol. The molecule has 0 fully saturated rings. The Morgan fingerprint density at radius 2 is 1.70 bits per heavy atom. The SMILES string of the molecule is COC(=O)C1(Cc2ncc(Cl)cc2O[Si](C(C)C)(C(C)C)C(C)C)C(=O)N(C(C)(C)C)c2ncccc21. The lowest BCUT2D eigenvalue weighted by molar-refractivity contribution is -0.151. The van der Waals surface area contributed by atoms with E-state index in [1.807, 2.05) is 20.8 Å². The van der Waals surface area contributed by atoms with Crippen molar-refractivity contribution in [1.29, 1.82) is 0 Å². The molecule has 0 saturated heterocycles. The fourth-order valence-corrected chi connectivity index (χ4v) is 11.4. The summed E-state index contributed by atoms with van der Waals surface area (Å²) < 4.78 is 12.3. The minimum absolute atomic E-state index is 0.0327. The van der Waals surface area contributed by atoms with Crippen molar-refractivity contribution in [2.75, 3.05) is 12.0 Å². The molecule has 9 heteroatoms. The molecular formula is C28H40ClN3O4Si. The molecular weight excluding hydrogens is 506 g/mol. The van der Waals surface area contributed by atoms with Crippen molar-refractivity contribution in [1.82, 2.24) is 9.97 Å². The molecule has 0 saturated carbocycles. The summed E-state index contributed by atoms with van der Waals surface area (Å²) in [6.45, 7) is 18.9. The standard InChI is InChI=1S/C28H40ClN3O4Si/c1-17(2)37(18(3)4,19(5)6)36-23-14-20(29)16-31-22(23)15-28(26(34)35-10)21-12-11-13-30-24(21)32(25(28)33)27(7,8)9/h11-14,16-19H,15H2,1-10H3. The van der Waals surface area contributed by atoms with Crippen LogP contribution in [0.5, 0.6) is 5.75 Å². The van der Waals surface area contributed by atoms with Gasteiger partial charge in [-0.15, -0.1) is 0 Å². The van der Waals surface area contributed by atoms with Crippen molar-refractivity contribution in [3.05, 3.63) is 46.9 Å². The molecule has 0 spiro atoms. The highest BCUT2D eigenvalue weighted by Gasteiger charge is 2.60. The van der Waals surface area contributed by atoms with E-state index in [-0.39, 0.29) is 12.3 Å². The van der Waals surface area contributed by atoms with Gasteiger partial charge in [-0.3, -0.25) is 19.5 Å². The first kappa shape index (κ1) is 29.1. The number of ether oxygens (including phenoxy) is 1. The van der Waals surface area contributed by atoms with Gasteiger partial charge in [0.25, 0.3) is 14.2 Å². The van der Waals surface area contributed by atoms with Crippen LogP contribution in [0.4, 0.5) is 5.82 Å². The predicted octanol–water partition coefficient (Wildman–Crippen LogP) is 6.48. The Bertz CT molecular complexity index is 1160. The fourth-order valence-electron chi connectivity index (χ4n) is 6.01. The Balaban J connectivity index is 2.26. The van der Waals surface area contributed by atoms with Gasteiger partial charge >= 0.3 is 5.97 Å². The molecule has 3 heterocycles. The molecule has 1 aliphatic heterocycles. The molecule has 202 valence electrons. The molecule has 1 unspecified atom stereocenters.